The lowest BCUT2D eigenvalue weighted by molar-refractivity contribution is 0.253. The normalized spacial score (nSPS) is 9.81. The molecule has 0 saturated heterocycles. The summed E-state index contributed by atoms with van der Waals surface area (Å²) in [6.45, 7) is 0. The Bertz CT molecular complexity index is 480. The van der Waals surface area contributed by atoms with Gasteiger partial charge in [0, 0.05) is 18.6 Å². The Labute approximate surface area is 92.7 Å². The van der Waals surface area contributed by atoms with Crippen molar-refractivity contribution in [2.45, 2.75) is 0 Å². The molecule has 2 aromatic heterocycles. The first-order valence-corrected chi connectivity index (χ1v) is 4.74. The molecule has 0 unspecified atom stereocenters. The first kappa shape index (κ1) is 10.2. The van der Waals surface area contributed by atoms with Crippen molar-refractivity contribution in [1.29, 1.82) is 0 Å². The number of rotatable bonds is 2. The predicted octanol–water partition coefficient (Wildman–Crippen LogP) is 1.97. The van der Waals surface area contributed by atoms with Crippen molar-refractivity contribution in [3.63, 3.8) is 0 Å². The van der Waals surface area contributed by atoms with Gasteiger partial charge in [0.2, 0.25) is 5.88 Å². The molecule has 82 valence electrons. The highest BCUT2D eigenvalue weighted by Gasteiger charge is 2.08. The van der Waals surface area contributed by atoms with Crippen molar-refractivity contribution in [3.05, 3.63) is 42.9 Å². The van der Waals surface area contributed by atoms with Gasteiger partial charge in [-0.1, -0.05) is 0 Å². The summed E-state index contributed by atoms with van der Waals surface area (Å²) in [7, 11) is 1.51. The molecule has 1 amide bonds. The van der Waals surface area contributed by atoms with Crippen LogP contribution in [0.25, 0.3) is 0 Å². The van der Waals surface area contributed by atoms with Crippen molar-refractivity contribution in [3.8, 4) is 5.88 Å². The topological polar surface area (TPSA) is 56.1 Å². The van der Waals surface area contributed by atoms with Gasteiger partial charge >= 0.3 is 6.03 Å². The number of nitrogens with zero attached hydrogens (tertiary/aromatic N) is 2. The van der Waals surface area contributed by atoms with E-state index in [9.17, 15) is 4.79 Å². The molecule has 2 heterocycles. The molecule has 0 fully saturated rings. The Kier molecular flexibility index (Phi) is 2.86. The molecule has 0 radical (unpaired) electrons. The molecule has 2 aromatic rings. The van der Waals surface area contributed by atoms with Crippen molar-refractivity contribution in [2.75, 3.05) is 12.4 Å². The molecule has 0 aliphatic heterocycles. The third kappa shape index (κ3) is 2.03. The van der Waals surface area contributed by atoms with Crippen LogP contribution in [-0.4, -0.2) is 22.7 Å². The number of carbonyl (C=O) groups is 1. The zero-order valence-corrected chi connectivity index (χ0v) is 8.75. The van der Waals surface area contributed by atoms with Crippen LogP contribution < -0.4 is 10.1 Å². The lowest BCUT2D eigenvalue weighted by Gasteiger charge is -2.08. The third-order valence-corrected chi connectivity index (χ3v) is 2.05. The van der Waals surface area contributed by atoms with Crippen LogP contribution in [0.15, 0.2) is 42.9 Å². The van der Waals surface area contributed by atoms with Crippen LogP contribution in [-0.2, 0) is 0 Å². The first-order valence-electron chi connectivity index (χ1n) is 4.74. The molecule has 0 aliphatic rings. The Balaban J connectivity index is 2.18. The average molecular weight is 217 g/mol. The summed E-state index contributed by atoms with van der Waals surface area (Å²) >= 11 is 0. The lowest BCUT2D eigenvalue weighted by atomic mass is 10.4. The number of methoxy groups -OCH3 is 1. The van der Waals surface area contributed by atoms with Gasteiger partial charge in [0.1, 0.15) is 5.69 Å². The summed E-state index contributed by atoms with van der Waals surface area (Å²) in [4.78, 5) is 15.7. The fourth-order valence-electron chi connectivity index (χ4n) is 1.30. The van der Waals surface area contributed by atoms with Gasteiger partial charge in [0.15, 0.2) is 0 Å². The number of nitrogens with one attached hydrogen (secondary N) is 1. The van der Waals surface area contributed by atoms with Gasteiger partial charge in [-0.3, -0.25) is 4.57 Å². The second kappa shape index (κ2) is 4.48. The minimum Gasteiger partial charge on any atom is -0.480 e. The van der Waals surface area contributed by atoms with Gasteiger partial charge in [-0.15, -0.1) is 0 Å². The Morgan fingerprint density at radius 3 is 2.81 bits per heavy atom. The Morgan fingerprint density at radius 1 is 1.38 bits per heavy atom. The molecule has 5 heteroatoms. The first-order chi connectivity index (χ1) is 7.81. The molecule has 0 saturated carbocycles. The quantitative estimate of drug-likeness (QED) is 0.836. The van der Waals surface area contributed by atoms with E-state index in [0.29, 0.717) is 11.6 Å². The third-order valence-electron chi connectivity index (χ3n) is 2.05. The second-order valence-corrected chi connectivity index (χ2v) is 3.08. The Hall–Kier alpha value is -2.30. The fourth-order valence-corrected chi connectivity index (χ4v) is 1.30. The number of amides is 1. The predicted molar refractivity (Wildman–Crippen MR) is 59.6 cm³/mol. The number of anilines is 1. The molecule has 0 spiro atoms. The van der Waals surface area contributed by atoms with E-state index < -0.39 is 0 Å². The summed E-state index contributed by atoms with van der Waals surface area (Å²) in [6.07, 6.45) is 4.93. The monoisotopic (exact) mass is 217 g/mol. The number of hydrogen-bond acceptors (Lipinski definition) is 3. The highest BCUT2D eigenvalue weighted by atomic mass is 16.5. The van der Waals surface area contributed by atoms with Crippen molar-refractivity contribution < 1.29 is 9.53 Å². The van der Waals surface area contributed by atoms with Gasteiger partial charge < -0.3 is 10.1 Å². The van der Waals surface area contributed by atoms with Gasteiger partial charge in [-0.25, -0.2) is 9.78 Å². The minimum atomic E-state index is -0.253. The Morgan fingerprint density at radius 2 is 2.12 bits per heavy atom. The smallest absolute Gasteiger partial charge is 0.330 e. The summed E-state index contributed by atoms with van der Waals surface area (Å²) in [5.41, 5.74) is 0.545. The summed E-state index contributed by atoms with van der Waals surface area (Å²) in [5.74, 6) is 0.392. The standard InChI is InChI=1S/C11H11N3O2/c1-16-10-9(5-4-6-12-10)13-11(15)14-7-2-3-8-14/h2-8H,1H3,(H,13,15). The molecule has 1 N–H and O–H groups in total. The summed E-state index contributed by atoms with van der Waals surface area (Å²) in [6, 6.07) is 6.76. The van der Waals surface area contributed by atoms with Crippen LogP contribution in [0, 0.1) is 0 Å². The summed E-state index contributed by atoms with van der Waals surface area (Å²) < 4.78 is 6.47. The van der Waals surface area contributed by atoms with E-state index in [1.54, 1.807) is 42.9 Å². The largest absolute Gasteiger partial charge is 0.480 e. The van der Waals surface area contributed by atoms with E-state index in [1.165, 1.54) is 11.7 Å². The molecule has 16 heavy (non-hydrogen) atoms. The maximum atomic E-state index is 11.7. The van der Waals surface area contributed by atoms with Crippen LogP contribution in [0.3, 0.4) is 0 Å². The van der Waals surface area contributed by atoms with Crippen molar-refractivity contribution in [1.82, 2.24) is 9.55 Å². The molecule has 0 aliphatic carbocycles. The number of carbonyl (C=O) groups excluding carboxylic acids is 1. The fraction of sp³-hybridized carbons (Fsp3) is 0.0909. The minimum absolute atomic E-state index is 0.253. The zero-order chi connectivity index (χ0) is 11.4. The van der Waals surface area contributed by atoms with Gasteiger partial charge in [-0.2, -0.15) is 0 Å². The highest BCUT2D eigenvalue weighted by Crippen LogP contribution is 2.19. The molecular formula is C11H11N3O2. The van der Waals surface area contributed by atoms with E-state index in [-0.39, 0.29) is 6.03 Å². The number of aromatic nitrogens is 2. The molecule has 0 atom stereocenters. The maximum Gasteiger partial charge on any atom is 0.330 e. The van der Waals surface area contributed by atoms with Crippen molar-refractivity contribution in [2.24, 2.45) is 0 Å². The van der Waals surface area contributed by atoms with Crippen LogP contribution in [0.5, 0.6) is 5.88 Å². The number of ether oxygens (including phenoxy) is 1. The number of hydrogen-bond donors (Lipinski definition) is 1. The van der Waals surface area contributed by atoms with Crippen LogP contribution in [0.1, 0.15) is 0 Å². The van der Waals surface area contributed by atoms with Crippen LogP contribution >= 0.6 is 0 Å². The number of pyridine rings is 1. The molecule has 0 aromatic carbocycles. The molecule has 2 rings (SSSR count). The van der Waals surface area contributed by atoms with E-state index >= 15 is 0 Å². The van der Waals surface area contributed by atoms with E-state index in [4.69, 9.17) is 4.74 Å². The van der Waals surface area contributed by atoms with Gasteiger partial charge in [0.25, 0.3) is 0 Å². The van der Waals surface area contributed by atoms with E-state index in [2.05, 4.69) is 10.3 Å². The maximum absolute atomic E-state index is 11.7. The van der Waals surface area contributed by atoms with Gasteiger partial charge in [0.05, 0.1) is 7.11 Å². The van der Waals surface area contributed by atoms with Crippen LogP contribution in [0.4, 0.5) is 10.5 Å². The second-order valence-electron chi connectivity index (χ2n) is 3.08. The average Bonchev–Trinajstić information content (AvgIpc) is 2.83. The highest BCUT2D eigenvalue weighted by molar-refractivity contribution is 5.92. The van der Waals surface area contributed by atoms with Gasteiger partial charge in [-0.05, 0) is 24.3 Å². The van der Waals surface area contributed by atoms with E-state index in [1.807, 2.05) is 0 Å². The van der Waals surface area contributed by atoms with Crippen LogP contribution in [0.2, 0.25) is 0 Å². The van der Waals surface area contributed by atoms with Crippen molar-refractivity contribution >= 4 is 11.7 Å². The molecular weight excluding hydrogens is 206 g/mol. The molecule has 5 nitrogen and oxygen atoms in total. The lowest BCUT2D eigenvalue weighted by Crippen LogP contribution is -2.18. The zero-order valence-electron chi connectivity index (χ0n) is 8.75. The molecule has 0 bridgehead atoms. The summed E-state index contributed by atoms with van der Waals surface area (Å²) in [5, 5.41) is 2.70. The van der Waals surface area contributed by atoms with E-state index in [0.717, 1.165) is 0 Å². The SMILES string of the molecule is COc1ncccc1NC(=O)n1cccc1.